The molecule has 0 aliphatic heterocycles. The van der Waals surface area contributed by atoms with Gasteiger partial charge in [-0.15, -0.1) is 0 Å². The van der Waals surface area contributed by atoms with E-state index in [9.17, 15) is 0 Å². The Morgan fingerprint density at radius 3 is 3.00 bits per heavy atom. The molecule has 68 valence electrons. The SMILES string of the molecule is CC(N)c1nc2cnccn2c1Br. The molecule has 5 heteroatoms. The van der Waals surface area contributed by atoms with Gasteiger partial charge in [-0.3, -0.25) is 9.38 Å². The summed E-state index contributed by atoms with van der Waals surface area (Å²) in [5.74, 6) is 0. The van der Waals surface area contributed by atoms with Crippen LogP contribution in [0, 0.1) is 0 Å². The van der Waals surface area contributed by atoms with Crippen LogP contribution in [0.15, 0.2) is 23.2 Å². The van der Waals surface area contributed by atoms with Gasteiger partial charge in [-0.25, -0.2) is 4.98 Å². The van der Waals surface area contributed by atoms with E-state index in [-0.39, 0.29) is 6.04 Å². The minimum atomic E-state index is -0.0747. The summed E-state index contributed by atoms with van der Waals surface area (Å²) in [5, 5.41) is 0. The Morgan fingerprint density at radius 1 is 1.62 bits per heavy atom. The molecule has 2 N–H and O–H groups in total. The van der Waals surface area contributed by atoms with Crippen LogP contribution in [-0.4, -0.2) is 14.4 Å². The molecule has 0 aliphatic carbocycles. The molecule has 0 aromatic carbocycles. The average molecular weight is 241 g/mol. The molecule has 0 fully saturated rings. The summed E-state index contributed by atoms with van der Waals surface area (Å²) in [4.78, 5) is 8.32. The van der Waals surface area contributed by atoms with E-state index in [0.29, 0.717) is 0 Å². The summed E-state index contributed by atoms with van der Waals surface area (Å²) in [6.45, 7) is 1.90. The van der Waals surface area contributed by atoms with Gasteiger partial charge in [-0.2, -0.15) is 0 Å². The van der Waals surface area contributed by atoms with Crippen molar-refractivity contribution in [3.05, 3.63) is 28.9 Å². The molecular formula is C8H9BrN4. The molecular weight excluding hydrogens is 232 g/mol. The van der Waals surface area contributed by atoms with E-state index in [0.717, 1.165) is 15.9 Å². The second-order valence-corrected chi connectivity index (χ2v) is 3.63. The Bertz CT molecular complexity index is 435. The number of hydrogen-bond acceptors (Lipinski definition) is 3. The van der Waals surface area contributed by atoms with Crippen LogP contribution in [-0.2, 0) is 0 Å². The largest absolute Gasteiger partial charge is 0.323 e. The zero-order chi connectivity index (χ0) is 9.42. The van der Waals surface area contributed by atoms with Gasteiger partial charge >= 0.3 is 0 Å². The molecule has 2 aromatic heterocycles. The van der Waals surface area contributed by atoms with Gasteiger partial charge in [-0.05, 0) is 22.9 Å². The summed E-state index contributed by atoms with van der Waals surface area (Å²) in [7, 11) is 0. The van der Waals surface area contributed by atoms with Crippen molar-refractivity contribution in [3.8, 4) is 0 Å². The predicted molar refractivity (Wildman–Crippen MR) is 53.3 cm³/mol. The first-order valence-electron chi connectivity index (χ1n) is 3.93. The van der Waals surface area contributed by atoms with Crippen LogP contribution in [0.5, 0.6) is 0 Å². The zero-order valence-corrected chi connectivity index (χ0v) is 8.69. The van der Waals surface area contributed by atoms with Gasteiger partial charge in [0.2, 0.25) is 0 Å². The topological polar surface area (TPSA) is 56.2 Å². The van der Waals surface area contributed by atoms with Crippen LogP contribution in [0.4, 0.5) is 0 Å². The number of rotatable bonds is 1. The Kier molecular flexibility index (Phi) is 2.05. The van der Waals surface area contributed by atoms with E-state index in [4.69, 9.17) is 5.73 Å². The third kappa shape index (κ3) is 1.34. The monoisotopic (exact) mass is 240 g/mol. The summed E-state index contributed by atoms with van der Waals surface area (Å²) >= 11 is 3.45. The number of aromatic nitrogens is 3. The van der Waals surface area contributed by atoms with Gasteiger partial charge in [0.15, 0.2) is 5.65 Å². The third-order valence-corrected chi connectivity index (χ3v) is 2.62. The summed E-state index contributed by atoms with van der Waals surface area (Å²) in [6, 6.07) is -0.0747. The molecule has 0 amide bonds. The third-order valence-electron chi connectivity index (χ3n) is 1.83. The predicted octanol–water partition coefficient (Wildman–Crippen LogP) is 1.51. The maximum atomic E-state index is 5.75. The van der Waals surface area contributed by atoms with Crippen molar-refractivity contribution in [1.29, 1.82) is 0 Å². The zero-order valence-electron chi connectivity index (χ0n) is 7.11. The van der Waals surface area contributed by atoms with E-state index in [1.807, 2.05) is 17.5 Å². The minimum absolute atomic E-state index is 0.0747. The molecule has 0 bridgehead atoms. The van der Waals surface area contributed by atoms with Crippen LogP contribution in [0.25, 0.3) is 5.65 Å². The van der Waals surface area contributed by atoms with Crippen molar-refractivity contribution in [2.45, 2.75) is 13.0 Å². The molecule has 2 rings (SSSR count). The van der Waals surface area contributed by atoms with Gasteiger partial charge in [0, 0.05) is 18.4 Å². The van der Waals surface area contributed by atoms with Crippen molar-refractivity contribution in [3.63, 3.8) is 0 Å². The van der Waals surface area contributed by atoms with Gasteiger partial charge < -0.3 is 5.73 Å². The fourth-order valence-corrected chi connectivity index (χ4v) is 1.93. The van der Waals surface area contributed by atoms with Gasteiger partial charge in [-0.1, -0.05) is 0 Å². The Balaban J connectivity index is 2.74. The fourth-order valence-electron chi connectivity index (χ4n) is 1.18. The van der Waals surface area contributed by atoms with Crippen LogP contribution < -0.4 is 5.73 Å². The molecule has 0 aliphatic rings. The Labute approximate surface area is 83.9 Å². The van der Waals surface area contributed by atoms with Crippen molar-refractivity contribution in [2.24, 2.45) is 5.73 Å². The van der Waals surface area contributed by atoms with E-state index >= 15 is 0 Å². The lowest BCUT2D eigenvalue weighted by Crippen LogP contribution is -2.05. The Hall–Kier alpha value is -0.940. The first kappa shape index (κ1) is 8.65. The van der Waals surface area contributed by atoms with Crippen molar-refractivity contribution >= 4 is 21.6 Å². The molecule has 2 heterocycles. The second-order valence-electron chi connectivity index (χ2n) is 2.88. The molecule has 2 aromatic rings. The molecule has 0 saturated carbocycles. The number of hydrogen-bond donors (Lipinski definition) is 1. The highest BCUT2D eigenvalue weighted by atomic mass is 79.9. The van der Waals surface area contributed by atoms with Crippen molar-refractivity contribution in [2.75, 3.05) is 0 Å². The Morgan fingerprint density at radius 2 is 2.38 bits per heavy atom. The highest BCUT2D eigenvalue weighted by Gasteiger charge is 2.12. The van der Waals surface area contributed by atoms with E-state index < -0.39 is 0 Å². The number of imidazole rings is 1. The van der Waals surface area contributed by atoms with Crippen molar-refractivity contribution in [1.82, 2.24) is 14.4 Å². The van der Waals surface area contributed by atoms with E-state index in [2.05, 4.69) is 25.9 Å². The van der Waals surface area contributed by atoms with Crippen LogP contribution >= 0.6 is 15.9 Å². The first-order valence-corrected chi connectivity index (χ1v) is 4.72. The molecule has 13 heavy (non-hydrogen) atoms. The second kappa shape index (κ2) is 3.08. The summed E-state index contributed by atoms with van der Waals surface area (Å²) in [6.07, 6.45) is 5.26. The molecule has 1 atom stereocenters. The first-order chi connectivity index (χ1) is 6.20. The minimum Gasteiger partial charge on any atom is -0.323 e. The van der Waals surface area contributed by atoms with E-state index in [1.54, 1.807) is 12.4 Å². The number of nitrogens with zero attached hydrogens (tertiary/aromatic N) is 3. The van der Waals surface area contributed by atoms with Crippen molar-refractivity contribution < 1.29 is 0 Å². The quantitative estimate of drug-likeness (QED) is 0.823. The smallest absolute Gasteiger partial charge is 0.156 e. The van der Waals surface area contributed by atoms with Crippen LogP contribution in [0.2, 0.25) is 0 Å². The highest BCUT2D eigenvalue weighted by molar-refractivity contribution is 9.10. The lowest BCUT2D eigenvalue weighted by atomic mass is 10.3. The number of fused-ring (bicyclic) bond motifs is 1. The standard InChI is InChI=1S/C8H9BrN4/c1-5(10)7-8(9)13-3-2-11-4-6(13)12-7/h2-5H,10H2,1H3. The molecule has 0 saturated heterocycles. The summed E-state index contributed by atoms with van der Waals surface area (Å²) < 4.78 is 2.81. The van der Waals surface area contributed by atoms with E-state index in [1.165, 1.54) is 0 Å². The average Bonchev–Trinajstić information content (AvgIpc) is 2.45. The molecule has 0 spiro atoms. The highest BCUT2D eigenvalue weighted by Crippen LogP contribution is 2.22. The normalized spacial score (nSPS) is 13.5. The van der Waals surface area contributed by atoms with Crippen LogP contribution in [0.1, 0.15) is 18.7 Å². The maximum absolute atomic E-state index is 5.75. The van der Waals surface area contributed by atoms with Gasteiger partial charge in [0.1, 0.15) is 4.60 Å². The lowest BCUT2D eigenvalue weighted by molar-refractivity contribution is 0.784. The molecule has 0 radical (unpaired) electrons. The number of halogens is 1. The molecule has 1 unspecified atom stereocenters. The van der Waals surface area contributed by atoms with Gasteiger partial charge in [0.25, 0.3) is 0 Å². The fraction of sp³-hybridized carbons (Fsp3) is 0.250. The summed E-state index contributed by atoms with van der Waals surface area (Å²) in [5.41, 5.74) is 7.41. The maximum Gasteiger partial charge on any atom is 0.156 e. The lowest BCUT2D eigenvalue weighted by Gasteiger charge is -1.99. The molecule has 4 nitrogen and oxygen atoms in total. The van der Waals surface area contributed by atoms with Gasteiger partial charge in [0.05, 0.1) is 11.9 Å². The number of nitrogens with two attached hydrogens (primary N) is 1. The van der Waals surface area contributed by atoms with Crippen LogP contribution in [0.3, 0.4) is 0 Å².